The van der Waals surface area contributed by atoms with Gasteiger partial charge < -0.3 is 20.2 Å². The smallest absolute Gasteiger partial charge is 0.259 e. The molecule has 2 amide bonds. The first-order valence-electron chi connectivity index (χ1n) is 9.03. The van der Waals surface area contributed by atoms with Crippen molar-refractivity contribution in [2.24, 2.45) is 5.73 Å². The molecule has 0 radical (unpaired) electrons. The predicted octanol–water partition coefficient (Wildman–Crippen LogP) is 3.30. The lowest BCUT2D eigenvalue weighted by atomic mass is 10.0. The van der Waals surface area contributed by atoms with Crippen molar-refractivity contribution in [3.05, 3.63) is 65.7 Å². The number of ketones is 1. The third-order valence-corrected chi connectivity index (χ3v) is 4.75. The maximum Gasteiger partial charge on any atom is 0.259 e. The van der Waals surface area contributed by atoms with E-state index in [1.165, 1.54) is 11.8 Å². The minimum atomic E-state index is -0.847. The Balaban J connectivity index is 1.98. The minimum Gasteiger partial charge on any atom is -0.456 e. The van der Waals surface area contributed by atoms with Gasteiger partial charge in [-0.3, -0.25) is 9.59 Å². The number of hydrogen-bond acceptors (Lipinski definition) is 4. The lowest BCUT2D eigenvalue weighted by Crippen LogP contribution is -2.45. The van der Waals surface area contributed by atoms with Gasteiger partial charge in [0.15, 0.2) is 0 Å². The summed E-state index contributed by atoms with van der Waals surface area (Å²) < 4.78 is 6.01. The fourth-order valence-electron chi connectivity index (χ4n) is 3.33. The van der Waals surface area contributed by atoms with Gasteiger partial charge in [0.1, 0.15) is 23.3 Å². The SMILES string of the molecule is C=Cc1ccc2c(c1Oc1ccccc1)C(=O)N(C(CCC(C)=O)C(N)=O)C2. The van der Waals surface area contributed by atoms with Crippen molar-refractivity contribution in [2.75, 3.05) is 0 Å². The van der Waals surface area contributed by atoms with Crippen LogP contribution in [0.25, 0.3) is 6.08 Å². The van der Waals surface area contributed by atoms with Gasteiger partial charge in [0.2, 0.25) is 5.91 Å². The molecule has 0 spiro atoms. The van der Waals surface area contributed by atoms with Gasteiger partial charge in [-0.15, -0.1) is 0 Å². The third kappa shape index (κ3) is 3.81. The van der Waals surface area contributed by atoms with Crippen LogP contribution in [0.15, 0.2) is 49.0 Å². The van der Waals surface area contributed by atoms with Crippen LogP contribution in [-0.2, 0) is 16.1 Å². The largest absolute Gasteiger partial charge is 0.456 e. The van der Waals surface area contributed by atoms with Crippen molar-refractivity contribution in [2.45, 2.75) is 32.4 Å². The maximum absolute atomic E-state index is 13.2. The molecule has 1 unspecified atom stereocenters. The second-order valence-corrected chi connectivity index (χ2v) is 6.73. The van der Waals surface area contributed by atoms with Gasteiger partial charge in [-0.25, -0.2) is 0 Å². The molecule has 1 aliphatic heterocycles. The number of primary amides is 1. The Morgan fingerprint density at radius 3 is 2.57 bits per heavy atom. The first-order valence-corrected chi connectivity index (χ1v) is 9.03. The van der Waals surface area contributed by atoms with E-state index >= 15 is 0 Å². The molecule has 1 atom stereocenters. The molecule has 1 aliphatic rings. The Morgan fingerprint density at radius 1 is 1.25 bits per heavy atom. The van der Waals surface area contributed by atoms with Crippen molar-refractivity contribution in [1.82, 2.24) is 4.90 Å². The quantitative estimate of drug-likeness (QED) is 0.763. The molecule has 0 bridgehead atoms. The molecule has 0 aliphatic carbocycles. The molecule has 0 saturated carbocycles. The molecule has 2 aromatic rings. The summed E-state index contributed by atoms with van der Waals surface area (Å²) in [5.74, 6) is -0.0272. The van der Waals surface area contributed by atoms with Crippen molar-refractivity contribution in [1.29, 1.82) is 0 Å². The summed E-state index contributed by atoms with van der Waals surface area (Å²) in [6.07, 6.45) is 2.00. The Hall–Kier alpha value is -3.41. The molecular weight excluding hydrogens is 356 g/mol. The van der Waals surface area contributed by atoms with E-state index in [1.807, 2.05) is 30.3 Å². The van der Waals surface area contributed by atoms with Crippen molar-refractivity contribution in [3.8, 4) is 11.5 Å². The van der Waals surface area contributed by atoms with E-state index in [9.17, 15) is 14.4 Å². The molecule has 6 heteroatoms. The van der Waals surface area contributed by atoms with Crippen LogP contribution in [0, 0.1) is 0 Å². The fraction of sp³-hybridized carbons (Fsp3) is 0.227. The lowest BCUT2D eigenvalue weighted by molar-refractivity contribution is -0.123. The number of Topliss-reactive ketones (excluding diaryl/α,β-unsaturated/α-hetero) is 1. The summed E-state index contributed by atoms with van der Waals surface area (Å²) in [5, 5.41) is 0. The lowest BCUT2D eigenvalue weighted by Gasteiger charge is -2.24. The second kappa shape index (κ2) is 8.08. The average molecular weight is 378 g/mol. The monoisotopic (exact) mass is 378 g/mol. The predicted molar refractivity (Wildman–Crippen MR) is 106 cm³/mol. The van der Waals surface area contributed by atoms with Crippen LogP contribution in [0.4, 0.5) is 0 Å². The summed E-state index contributed by atoms with van der Waals surface area (Å²) in [7, 11) is 0. The van der Waals surface area contributed by atoms with Crippen molar-refractivity contribution in [3.63, 3.8) is 0 Å². The molecule has 0 fully saturated rings. The van der Waals surface area contributed by atoms with E-state index in [4.69, 9.17) is 10.5 Å². The van der Waals surface area contributed by atoms with E-state index in [-0.39, 0.29) is 31.1 Å². The van der Waals surface area contributed by atoms with Crippen LogP contribution in [0.2, 0.25) is 0 Å². The van der Waals surface area contributed by atoms with Gasteiger partial charge in [0.05, 0.1) is 5.56 Å². The summed E-state index contributed by atoms with van der Waals surface area (Å²) in [4.78, 5) is 37.9. The number of fused-ring (bicyclic) bond motifs is 1. The number of para-hydroxylation sites is 1. The van der Waals surface area contributed by atoms with E-state index in [0.717, 1.165) is 5.56 Å². The highest BCUT2D eigenvalue weighted by atomic mass is 16.5. The number of carbonyl (C=O) groups excluding carboxylic acids is 3. The van der Waals surface area contributed by atoms with E-state index in [0.29, 0.717) is 22.6 Å². The maximum atomic E-state index is 13.2. The highest BCUT2D eigenvalue weighted by Gasteiger charge is 2.38. The average Bonchev–Trinajstić information content (AvgIpc) is 2.99. The van der Waals surface area contributed by atoms with Gasteiger partial charge in [-0.1, -0.05) is 43.0 Å². The van der Waals surface area contributed by atoms with Gasteiger partial charge >= 0.3 is 0 Å². The molecule has 0 aromatic heterocycles. The van der Waals surface area contributed by atoms with Crippen molar-refractivity contribution >= 4 is 23.7 Å². The molecule has 3 rings (SSSR count). The molecule has 6 nitrogen and oxygen atoms in total. The van der Waals surface area contributed by atoms with Crippen molar-refractivity contribution < 1.29 is 19.1 Å². The Bertz CT molecular complexity index is 937. The molecule has 144 valence electrons. The van der Waals surface area contributed by atoms with Gasteiger partial charge in [0, 0.05) is 18.5 Å². The first kappa shape index (κ1) is 19.4. The fourth-order valence-corrected chi connectivity index (χ4v) is 3.33. The van der Waals surface area contributed by atoms with E-state index < -0.39 is 11.9 Å². The highest BCUT2D eigenvalue weighted by molar-refractivity contribution is 6.04. The van der Waals surface area contributed by atoms with E-state index in [2.05, 4.69) is 6.58 Å². The van der Waals surface area contributed by atoms with Crippen LogP contribution >= 0.6 is 0 Å². The number of carbonyl (C=O) groups is 3. The summed E-state index contributed by atoms with van der Waals surface area (Å²) >= 11 is 0. The van der Waals surface area contributed by atoms with Crippen LogP contribution in [0.3, 0.4) is 0 Å². The molecule has 1 heterocycles. The molecule has 0 saturated heterocycles. The molecule has 2 N–H and O–H groups in total. The number of ether oxygens (including phenoxy) is 1. The van der Waals surface area contributed by atoms with E-state index in [1.54, 1.807) is 18.2 Å². The zero-order valence-corrected chi connectivity index (χ0v) is 15.7. The minimum absolute atomic E-state index is 0.0579. The summed E-state index contributed by atoms with van der Waals surface area (Å²) in [6, 6.07) is 11.9. The Labute approximate surface area is 163 Å². The Morgan fingerprint density at radius 2 is 1.96 bits per heavy atom. The number of nitrogens with zero attached hydrogens (tertiary/aromatic N) is 1. The normalized spacial score (nSPS) is 13.8. The van der Waals surface area contributed by atoms with Gasteiger partial charge in [-0.2, -0.15) is 0 Å². The zero-order valence-electron chi connectivity index (χ0n) is 15.7. The number of amides is 2. The Kier molecular flexibility index (Phi) is 5.59. The molecular formula is C22H22N2O4. The standard InChI is InChI=1S/C22H22N2O4/c1-3-15-10-11-16-13-24(18(21(23)26)12-9-14(2)25)22(27)19(16)20(15)28-17-7-5-4-6-8-17/h3-8,10-11,18H,1,9,12-13H2,2H3,(H2,23,26). The molecule has 28 heavy (non-hydrogen) atoms. The second-order valence-electron chi connectivity index (χ2n) is 6.73. The summed E-state index contributed by atoms with van der Waals surface area (Å²) in [5.41, 5.74) is 7.35. The zero-order chi connectivity index (χ0) is 20.3. The summed E-state index contributed by atoms with van der Waals surface area (Å²) in [6.45, 7) is 5.48. The number of rotatable bonds is 8. The van der Waals surface area contributed by atoms with Crippen LogP contribution < -0.4 is 10.5 Å². The number of nitrogens with two attached hydrogens (primary N) is 1. The third-order valence-electron chi connectivity index (χ3n) is 4.75. The van der Waals surface area contributed by atoms with Gasteiger partial charge in [0.25, 0.3) is 5.91 Å². The van der Waals surface area contributed by atoms with Crippen LogP contribution in [0.5, 0.6) is 11.5 Å². The van der Waals surface area contributed by atoms with Crippen LogP contribution in [-0.4, -0.2) is 28.5 Å². The van der Waals surface area contributed by atoms with Crippen LogP contribution in [0.1, 0.15) is 41.3 Å². The molecule has 2 aromatic carbocycles. The van der Waals surface area contributed by atoms with Gasteiger partial charge in [-0.05, 0) is 31.0 Å². The number of benzene rings is 2. The topological polar surface area (TPSA) is 89.7 Å². The number of hydrogen-bond donors (Lipinski definition) is 1. The highest BCUT2D eigenvalue weighted by Crippen LogP contribution is 2.38. The first-order chi connectivity index (χ1) is 13.4.